The third-order valence-electron chi connectivity index (χ3n) is 3.90. The molecule has 26 heavy (non-hydrogen) atoms. The Balaban J connectivity index is 1.72. The molecular formula is C18H21N7O. The molecule has 1 amide bonds. The summed E-state index contributed by atoms with van der Waals surface area (Å²) in [6.45, 7) is 4.67. The van der Waals surface area contributed by atoms with Gasteiger partial charge in [0, 0.05) is 30.9 Å². The zero-order valence-corrected chi connectivity index (χ0v) is 15.0. The van der Waals surface area contributed by atoms with Gasteiger partial charge in [-0.25, -0.2) is 9.97 Å². The second-order valence-electron chi connectivity index (χ2n) is 5.87. The van der Waals surface area contributed by atoms with Crippen LogP contribution in [0.2, 0.25) is 0 Å². The second kappa shape index (κ2) is 7.73. The van der Waals surface area contributed by atoms with Gasteiger partial charge in [-0.05, 0) is 32.0 Å². The molecule has 2 aromatic heterocycles. The third kappa shape index (κ3) is 3.85. The van der Waals surface area contributed by atoms with Gasteiger partial charge in [0.2, 0.25) is 0 Å². The molecule has 2 N–H and O–H groups in total. The standard InChI is InChI=1S/C18H21N7O/c1-4-19-15-9-10-20-16(23-15)13-5-7-14(8-6-13)18(26)22-12(2)17-24-21-11-25(17)3/h5-12H,4H2,1-3H3,(H,22,26)(H,19,20,23)/t12-/m0/s1. The van der Waals surface area contributed by atoms with Crippen molar-refractivity contribution in [3.63, 3.8) is 0 Å². The summed E-state index contributed by atoms with van der Waals surface area (Å²) in [7, 11) is 1.84. The summed E-state index contributed by atoms with van der Waals surface area (Å²) in [6.07, 6.45) is 3.32. The zero-order valence-electron chi connectivity index (χ0n) is 15.0. The number of aromatic nitrogens is 5. The van der Waals surface area contributed by atoms with Crippen molar-refractivity contribution in [3.8, 4) is 11.4 Å². The van der Waals surface area contributed by atoms with Crippen LogP contribution in [0.25, 0.3) is 11.4 Å². The summed E-state index contributed by atoms with van der Waals surface area (Å²) in [4.78, 5) is 21.2. The topological polar surface area (TPSA) is 97.6 Å². The molecule has 3 rings (SSSR count). The maximum Gasteiger partial charge on any atom is 0.251 e. The van der Waals surface area contributed by atoms with E-state index in [0.29, 0.717) is 17.2 Å². The summed E-state index contributed by atoms with van der Waals surface area (Å²) in [5.41, 5.74) is 1.41. The number of hydrogen-bond donors (Lipinski definition) is 2. The molecule has 134 valence electrons. The maximum absolute atomic E-state index is 12.4. The lowest BCUT2D eigenvalue weighted by Gasteiger charge is -2.13. The van der Waals surface area contributed by atoms with Gasteiger partial charge in [0.15, 0.2) is 11.6 Å². The number of nitrogens with one attached hydrogen (secondary N) is 2. The molecule has 1 atom stereocenters. The molecule has 2 heterocycles. The van der Waals surface area contributed by atoms with Crippen LogP contribution in [0.1, 0.15) is 36.1 Å². The van der Waals surface area contributed by atoms with Gasteiger partial charge in [-0.1, -0.05) is 12.1 Å². The molecule has 0 bridgehead atoms. The fraction of sp³-hybridized carbons (Fsp3) is 0.278. The van der Waals surface area contributed by atoms with Crippen LogP contribution < -0.4 is 10.6 Å². The maximum atomic E-state index is 12.4. The Hall–Kier alpha value is -3.29. The van der Waals surface area contributed by atoms with Crippen LogP contribution in [0.3, 0.4) is 0 Å². The fourth-order valence-corrected chi connectivity index (χ4v) is 2.58. The van der Waals surface area contributed by atoms with Crippen LogP contribution in [0.4, 0.5) is 5.82 Å². The largest absolute Gasteiger partial charge is 0.370 e. The van der Waals surface area contributed by atoms with Gasteiger partial charge in [-0.2, -0.15) is 0 Å². The lowest BCUT2D eigenvalue weighted by molar-refractivity contribution is 0.0938. The number of carbonyl (C=O) groups excluding carboxylic acids is 1. The monoisotopic (exact) mass is 351 g/mol. The molecule has 8 heteroatoms. The highest BCUT2D eigenvalue weighted by Gasteiger charge is 2.15. The van der Waals surface area contributed by atoms with Gasteiger partial charge < -0.3 is 15.2 Å². The lowest BCUT2D eigenvalue weighted by Crippen LogP contribution is -2.28. The highest BCUT2D eigenvalue weighted by Crippen LogP contribution is 2.17. The summed E-state index contributed by atoms with van der Waals surface area (Å²) in [6, 6.07) is 8.78. The van der Waals surface area contributed by atoms with Crippen LogP contribution in [-0.4, -0.2) is 37.2 Å². The molecule has 0 aliphatic heterocycles. The van der Waals surface area contributed by atoms with Crippen LogP contribution >= 0.6 is 0 Å². The van der Waals surface area contributed by atoms with E-state index in [0.717, 1.165) is 17.9 Å². The van der Waals surface area contributed by atoms with Gasteiger partial charge in [0.25, 0.3) is 5.91 Å². The van der Waals surface area contributed by atoms with Gasteiger partial charge in [0.1, 0.15) is 12.1 Å². The summed E-state index contributed by atoms with van der Waals surface area (Å²) in [5.74, 6) is 1.91. The van der Waals surface area contributed by atoms with Gasteiger partial charge in [0.05, 0.1) is 6.04 Å². The van der Waals surface area contributed by atoms with Crippen LogP contribution in [0, 0.1) is 0 Å². The lowest BCUT2D eigenvalue weighted by atomic mass is 10.1. The van der Waals surface area contributed by atoms with Crippen molar-refractivity contribution < 1.29 is 4.79 Å². The Morgan fingerprint density at radius 3 is 2.65 bits per heavy atom. The van der Waals surface area contributed by atoms with E-state index in [4.69, 9.17) is 0 Å². The minimum Gasteiger partial charge on any atom is -0.370 e. The first kappa shape index (κ1) is 17.5. The third-order valence-corrected chi connectivity index (χ3v) is 3.90. The predicted molar refractivity (Wildman–Crippen MR) is 98.5 cm³/mol. The first-order valence-corrected chi connectivity index (χ1v) is 8.40. The number of anilines is 1. The van der Waals surface area contributed by atoms with Crippen molar-refractivity contribution >= 4 is 11.7 Å². The van der Waals surface area contributed by atoms with E-state index in [1.807, 2.05) is 39.1 Å². The van der Waals surface area contributed by atoms with Crippen molar-refractivity contribution in [2.75, 3.05) is 11.9 Å². The smallest absolute Gasteiger partial charge is 0.251 e. The molecule has 0 aliphatic rings. The van der Waals surface area contributed by atoms with Crippen molar-refractivity contribution in [2.24, 2.45) is 7.05 Å². The fourth-order valence-electron chi connectivity index (χ4n) is 2.58. The Morgan fingerprint density at radius 1 is 1.23 bits per heavy atom. The van der Waals surface area contributed by atoms with E-state index in [1.165, 1.54) is 0 Å². The first-order valence-electron chi connectivity index (χ1n) is 8.40. The number of hydrogen-bond acceptors (Lipinski definition) is 6. The normalized spacial score (nSPS) is 11.8. The molecular weight excluding hydrogens is 330 g/mol. The molecule has 0 saturated heterocycles. The molecule has 1 aromatic carbocycles. The number of amides is 1. The Kier molecular flexibility index (Phi) is 5.21. The molecule has 0 fully saturated rings. The molecule has 0 spiro atoms. The van der Waals surface area contributed by atoms with E-state index in [1.54, 1.807) is 29.2 Å². The Bertz CT molecular complexity index is 889. The van der Waals surface area contributed by atoms with Crippen LogP contribution in [0.15, 0.2) is 42.9 Å². The Labute approximate surface area is 151 Å². The number of carbonyl (C=O) groups is 1. The summed E-state index contributed by atoms with van der Waals surface area (Å²) >= 11 is 0. The van der Waals surface area contributed by atoms with Crippen LogP contribution in [-0.2, 0) is 7.05 Å². The van der Waals surface area contributed by atoms with E-state index >= 15 is 0 Å². The highest BCUT2D eigenvalue weighted by atomic mass is 16.1. The average Bonchev–Trinajstić information content (AvgIpc) is 3.08. The highest BCUT2D eigenvalue weighted by molar-refractivity contribution is 5.94. The molecule has 0 radical (unpaired) electrons. The minimum absolute atomic E-state index is 0.172. The quantitative estimate of drug-likeness (QED) is 0.706. The van der Waals surface area contributed by atoms with Crippen molar-refractivity contribution in [3.05, 3.63) is 54.2 Å². The molecule has 8 nitrogen and oxygen atoms in total. The van der Waals surface area contributed by atoms with E-state index in [9.17, 15) is 4.79 Å². The SMILES string of the molecule is CCNc1ccnc(-c2ccc(C(=O)N[C@@H](C)c3nncn3C)cc2)n1. The van der Waals surface area contributed by atoms with E-state index in [-0.39, 0.29) is 11.9 Å². The molecule has 0 aliphatic carbocycles. The zero-order chi connectivity index (χ0) is 18.5. The number of rotatable bonds is 6. The van der Waals surface area contributed by atoms with Crippen molar-refractivity contribution in [1.29, 1.82) is 0 Å². The first-order chi connectivity index (χ1) is 12.6. The number of benzene rings is 1. The van der Waals surface area contributed by atoms with Gasteiger partial charge >= 0.3 is 0 Å². The average molecular weight is 351 g/mol. The molecule has 0 saturated carbocycles. The predicted octanol–water partition coefficient (Wildman–Crippen LogP) is 2.19. The molecule has 0 unspecified atom stereocenters. The van der Waals surface area contributed by atoms with Crippen LogP contribution in [0.5, 0.6) is 0 Å². The van der Waals surface area contributed by atoms with Gasteiger partial charge in [-0.3, -0.25) is 4.79 Å². The molecule has 3 aromatic rings. The number of nitrogens with zero attached hydrogens (tertiary/aromatic N) is 5. The van der Waals surface area contributed by atoms with E-state index < -0.39 is 0 Å². The van der Waals surface area contributed by atoms with E-state index in [2.05, 4.69) is 30.8 Å². The summed E-state index contributed by atoms with van der Waals surface area (Å²) in [5, 5.41) is 13.9. The minimum atomic E-state index is -0.241. The van der Waals surface area contributed by atoms with Gasteiger partial charge in [-0.15, -0.1) is 10.2 Å². The Morgan fingerprint density at radius 2 is 2.00 bits per heavy atom. The second-order valence-corrected chi connectivity index (χ2v) is 5.87. The number of aryl methyl sites for hydroxylation is 1. The summed E-state index contributed by atoms with van der Waals surface area (Å²) < 4.78 is 1.78. The van der Waals surface area contributed by atoms with Crippen molar-refractivity contribution in [1.82, 2.24) is 30.0 Å². The van der Waals surface area contributed by atoms with Crippen molar-refractivity contribution in [2.45, 2.75) is 19.9 Å².